The SMILES string of the molecule is C=CC[N+](C)([O-])CCCCCO. The molecule has 0 saturated carbocycles. The zero-order valence-corrected chi connectivity index (χ0v) is 7.83. The van der Waals surface area contributed by atoms with Crippen LogP contribution in [0.25, 0.3) is 0 Å². The monoisotopic (exact) mass is 173 g/mol. The van der Waals surface area contributed by atoms with Gasteiger partial charge in [-0.25, -0.2) is 0 Å². The van der Waals surface area contributed by atoms with Crippen molar-refractivity contribution >= 4 is 0 Å². The Kier molecular flexibility index (Phi) is 5.98. The quantitative estimate of drug-likeness (QED) is 0.273. The molecule has 0 amide bonds. The van der Waals surface area contributed by atoms with Crippen LogP contribution >= 0.6 is 0 Å². The summed E-state index contributed by atoms with van der Waals surface area (Å²) in [5.41, 5.74) is 0. The zero-order valence-electron chi connectivity index (χ0n) is 7.83. The van der Waals surface area contributed by atoms with Gasteiger partial charge in [-0.05, 0) is 25.3 Å². The lowest BCUT2D eigenvalue weighted by atomic mass is 10.2. The second-order valence-corrected chi connectivity index (χ2v) is 3.28. The van der Waals surface area contributed by atoms with Gasteiger partial charge in [0.05, 0.1) is 20.1 Å². The third-order valence-corrected chi connectivity index (χ3v) is 1.80. The first kappa shape index (κ1) is 11.6. The van der Waals surface area contributed by atoms with E-state index in [9.17, 15) is 5.21 Å². The van der Waals surface area contributed by atoms with Gasteiger partial charge in [0, 0.05) is 6.61 Å². The van der Waals surface area contributed by atoms with E-state index in [1.807, 2.05) is 0 Å². The Balaban J connectivity index is 3.39. The van der Waals surface area contributed by atoms with Gasteiger partial charge in [-0.3, -0.25) is 0 Å². The Morgan fingerprint density at radius 1 is 1.42 bits per heavy atom. The van der Waals surface area contributed by atoms with Crippen molar-refractivity contribution in [2.75, 3.05) is 26.7 Å². The fourth-order valence-electron chi connectivity index (χ4n) is 1.10. The minimum Gasteiger partial charge on any atom is -0.633 e. The Hall–Kier alpha value is -0.380. The number of nitrogens with zero attached hydrogens (tertiary/aromatic N) is 1. The molecule has 1 N–H and O–H groups in total. The maximum absolute atomic E-state index is 11.5. The Morgan fingerprint density at radius 3 is 2.58 bits per heavy atom. The van der Waals surface area contributed by atoms with Crippen LogP contribution in [0.15, 0.2) is 12.7 Å². The number of hydroxylamine groups is 3. The van der Waals surface area contributed by atoms with Crippen molar-refractivity contribution in [3.8, 4) is 0 Å². The minimum absolute atomic E-state index is 0.226. The maximum Gasteiger partial charge on any atom is 0.0966 e. The van der Waals surface area contributed by atoms with Gasteiger partial charge in [0.25, 0.3) is 0 Å². The van der Waals surface area contributed by atoms with E-state index < -0.39 is 0 Å². The summed E-state index contributed by atoms with van der Waals surface area (Å²) >= 11 is 0. The third-order valence-electron chi connectivity index (χ3n) is 1.80. The summed E-state index contributed by atoms with van der Waals surface area (Å²) in [5.74, 6) is 0. The molecule has 0 aromatic heterocycles. The van der Waals surface area contributed by atoms with Crippen LogP contribution in [-0.2, 0) is 0 Å². The van der Waals surface area contributed by atoms with Crippen molar-refractivity contribution in [2.45, 2.75) is 19.3 Å². The Morgan fingerprint density at radius 2 is 2.08 bits per heavy atom. The lowest BCUT2D eigenvalue weighted by Crippen LogP contribution is -2.38. The molecule has 0 spiro atoms. The molecule has 0 bridgehead atoms. The zero-order chi connectivity index (χ0) is 9.45. The molecular weight excluding hydrogens is 154 g/mol. The van der Waals surface area contributed by atoms with Crippen molar-refractivity contribution in [3.63, 3.8) is 0 Å². The van der Waals surface area contributed by atoms with E-state index in [1.165, 1.54) is 0 Å². The van der Waals surface area contributed by atoms with Gasteiger partial charge in [0.2, 0.25) is 0 Å². The highest BCUT2D eigenvalue weighted by Crippen LogP contribution is 2.04. The van der Waals surface area contributed by atoms with Crippen LogP contribution < -0.4 is 0 Å². The average Bonchev–Trinajstić information content (AvgIpc) is 1.98. The van der Waals surface area contributed by atoms with Crippen LogP contribution in [0.1, 0.15) is 19.3 Å². The van der Waals surface area contributed by atoms with E-state index in [0.717, 1.165) is 19.3 Å². The summed E-state index contributed by atoms with van der Waals surface area (Å²) in [6, 6.07) is 0. The number of unbranched alkanes of at least 4 members (excludes halogenated alkanes) is 2. The van der Waals surface area contributed by atoms with Crippen molar-refractivity contribution in [2.24, 2.45) is 0 Å². The van der Waals surface area contributed by atoms with Gasteiger partial charge in [-0.2, -0.15) is 0 Å². The fraction of sp³-hybridized carbons (Fsp3) is 0.778. The van der Waals surface area contributed by atoms with E-state index in [2.05, 4.69) is 6.58 Å². The molecule has 0 fully saturated rings. The lowest BCUT2D eigenvalue weighted by molar-refractivity contribution is -0.854. The molecule has 0 aliphatic heterocycles. The summed E-state index contributed by atoms with van der Waals surface area (Å²) in [6.45, 7) is 4.85. The van der Waals surface area contributed by atoms with Crippen molar-refractivity contribution in [3.05, 3.63) is 17.9 Å². The van der Waals surface area contributed by atoms with Gasteiger partial charge in [0.1, 0.15) is 0 Å². The summed E-state index contributed by atoms with van der Waals surface area (Å²) in [5, 5.41) is 20.0. The third kappa shape index (κ3) is 6.34. The number of likely N-dealkylation sites (N-methyl/N-ethyl adjacent to an activating group) is 1. The predicted octanol–water partition coefficient (Wildman–Crippen LogP) is 1.28. The second-order valence-electron chi connectivity index (χ2n) is 3.28. The number of aliphatic hydroxyl groups is 1. The molecule has 0 heterocycles. The molecule has 0 aromatic carbocycles. The summed E-state index contributed by atoms with van der Waals surface area (Å²) in [7, 11) is 1.65. The van der Waals surface area contributed by atoms with E-state index in [-0.39, 0.29) is 11.3 Å². The van der Waals surface area contributed by atoms with E-state index in [1.54, 1.807) is 13.1 Å². The molecule has 0 rings (SSSR count). The molecule has 72 valence electrons. The molecule has 0 aliphatic rings. The van der Waals surface area contributed by atoms with Gasteiger partial charge in [-0.1, -0.05) is 6.58 Å². The van der Waals surface area contributed by atoms with Gasteiger partial charge in [0.15, 0.2) is 0 Å². The molecule has 0 aromatic rings. The van der Waals surface area contributed by atoms with Gasteiger partial charge in [-0.15, -0.1) is 0 Å². The van der Waals surface area contributed by atoms with Crippen molar-refractivity contribution in [1.29, 1.82) is 0 Å². The van der Waals surface area contributed by atoms with Gasteiger partial charge < -0.3 is 15.0 Å². The molecular formula is C9H19NO2. The van der Waals surface area contributed by atoms with Crippen LogP contribution in [0, 0.1) is 5.21 Å². The van der Waals surface area contributed by atoms with E-state index >= 15 is 0 Å². The topological polar surface area (TPSA) is 43.3 Å². The smallest absolute Gasteiger partial charge is 0.0966 e. The summed E-state index contributed by atoms with van der Waals surface area (Å²) in [4.78, 5) is 0. The van der Waals surface area contributed by atoms with E-state index in [4.69, 9.17) is 5.11 Å². The standard InChI is InChI=1S/C9H19NO2/c1-3-7-10(2,12)8-5-4-6-9-11/h3,11H,1,4-9H2,2H3. The number of rotatable bonds is 7. The summed E-state index contributed by atoms with van der Waals surface area (Å²) in [6.07, 6.45) is 4.27. The predicted molar refractivity (Wildman–Crippen MR) is 50.4 cm³/mol. The van der Waals surface area contributed by atoms with Crippen LogP contribution in [0.4, 0.5) is 0 Å². The number of hydrogen-bond acceptors (Lipinski definition) is 2. The molecule has 12 heavy (non-hydrogen) atoms. The molecule has 0 radical (unpaired) electrons. The summed E-state index contributed by atoms with van der Waals surface area (Å²) < 4.78 is -0.241. The van der Waals surface area contributed by atoms with Crippen molar-refractivity contribution in [1.82, 2.24) is 0 Å². The maximum atomic E-state index is 11.5. The largest absolute Gasteiger partial charge is 0.633 e. The van der Waals surface area contributed by atoms with Crippen molar-refractivity contribution < 1.29 is 9.75 Å². The van der Waals surface area contributed by atoms with Crippen LogP contribution in [0.5, 0.6) is 0 Å². The first-order chi connectivity index (χ1) is 5.62. The second kappa shape index (κ2) is 6.17. The van der Waals surface area contributed by atoms with E-state index in [0.29, 0.717) is 13.1 Å². The fourth-order valence-corrected chi connectivity index (χ4v) is 1.10. The molecule has 0 aliphatic carbocycles. The van der Waals surface area contributed by atoms with Gasteiger partial charge >= 0.3 is 0 Å². The lowest BCUT2D eigenvalue weighted by Gasteiger charge is -2.37. The molecule has 3 nitrogen and oxygen atoms in total. The van der Waals surface area contributed by atoms with Crippen LogP contribution in [-0.4, -0.2) is 36.5 Å². The number of hydrogen-bond donors (Lipinski definition) is 1. The number of quaternary nitrogens is 1. The average molecular weight is 173 g/mol. The molecule has 0 saturated heterocycles. The Labute approximate surface area is 74.5 Å². The normalized spacial score (nSPS) is 15.6. The molecule has 1 unspecified atom stereocenters. The Bertz CT molecular complexity index is 124. The van der Waals surface area contributed by atoms with Crippen LogP contribution in [0.2, 0.25) is 0 Å². The van der Waals surface area contributed by atoms with Crippen LogP contribution in [0.3, 0.4) is 0 Å². The minimum atomic E-state index is -0.241. The molecule has 1 atom stereocenters. The highest BCUT2D eigenvalue weighted by Gasteiger charge is 2.05. The highest BCUT2D eigenvalue weighted by atomic mass is 16.5. The highest BCUT2D eigenvalue weighted by molar-refractivity contribution is 4.65. The first-order valence-electron chi connectivity index (χ1n) is 4.39. The molecule has 3 heteroatoms. The number of aliphatic hydroxyl groups excluding tert-OH is 1. The first-order valence-corrected chi connectivity index (χ1v) is 4.39.